The number of hydrogen-bond donors (Lipinski definition) is 1. The quantitative estimate of drug-likeness (QED) is 0.199. The predicted molar refractivity (Wildman–Crippen MR) is 49.3 cm³/mol. The van der Waals surface area contributed by atoms with Crippen LogP contribution in [0.2, 0.25) is 0 Å². The summed E-state index contributed by atoms with van der Waals surface area (Å²) >= 11 is 0. The molecule has 0 aromatic carbocycles. The number of nitrogens with zero attached hydrogens (tertiary/aromatic N) is 2. The van der Waals surface area contributed by atoms with Gasteiger partial charge in [0.25, 0.3) is 5.91 Å². The molecule has 1 unspecified atom stereocenters. The highest BCUT2D eigenvalue weighted by Crippen LogP contribution is 1.83. The van der Waals surface area contributed by atoms with E-state index < -0.39 is 12.1 Å². The van der Waals surface area contributed by atoms with Crippen LogP contribution in [-0.4, -0.2) is 38.0 Å². The molecule has 0 aliphatic carbocycles. The van der Waals surface area contributed by atoms with E-state index in [0.717, 1.165) is 12.3 Å². The molecule has 0 radical (unpaired) electrons. The number of nitrogens with one attached hydrogen (secondary N) is 1. The van der Waals surface area contributed by atoms with Gasteiger partial charge in [0.2, 0.25) is 6.61 Å². The molecule has 0 aliphatic rings. The summed E-state index contributed by atoms with van der Waals surface area (Å²) in [6, 6.07) is 1.66. The predicted octanol–water partition coefficient (Wildman–Crippen LogP) is -1.01. The second-order valence-electron chi connectivity index (χ2n) is 2.12. The molecule has 0 saturated carbocycles. The van der Waals surface area contributed by atoms with Crippen molar-refractivity contribution in [1.82, 2.24) is 5.32 Å². The van der Waals surface area contributed by atoms with Crippen LogP contribution in [-0.2, 0) is 19.2 Å². The fraction of sp³-hybridized carbons (Fsp3) is 0.375. The lowest BCUT2D eigenvalue weighted by Gasteiger charge is -2.08. The molecule has 0 rings (SSSR count). The minimum atomic E-state index is -0.864. The van der Waals surface area contributed by atoms with Crippen LogP contribution < -0.4 is 5.32 Å². The standard InChI is InChI=1S/C8H9N3O4/c1-14-8(2-4-12)11-7(13)6-10-15-5-3-9/h2,6,8H,5H2,1H3,(H,11,13)/b10-6+. The van der Waals surface area contributed by atoms with Crippen molar-refractivity contribution in [2.24, 2.45) is 5.16 Å². The van der Waals surface area contributed by atoms with Crippen LogP contribution in [0.25, 0.3) is 0 Å². The number of carbonyl (C=O) groups excluding carboxylic acids is 2. The maximum Gasteiger partial charge on any atom is 0.268 e. The summed E-state index contributed by atoms with van der Waals surface area (Å²) in [6.07, 6.45) is 0.946. The van der Waals surface area contributed by atoms with Gasteiger partial charge in [0.15, 0.2) is 6.23 Å². The van der Waals surface area contributed by atoms with E-state index in [0.29, 0.717) is 0 Å². The summed E-state index contributed by atoms with van der Waals surface area (Å²) in [4.78, 5) is 25.3. The molecule has 7 nitrogen and oxygen atoms in total. The number of nitriles is 1. The van der Waals surface area contributed by atoms with Crippen LogP contribution in [0.5, 0.6) is 0 Å². The van der Waals surface area contributed by atoms with Gasteiger partial charge < -0.3 is 14.9 Å². The fourth-order valence-electron chi connectivity index (χ4n) is 0.559. The lowest BCUT2D eigenvalue weighted by atomic mass is 10.5. The highest BCUT2D eigenvalue weighted by molar-refractivity contribution is 6.26. The highest BCUT2D eigenvalue weighted by Gasteiger charge is 2.05. The average Bonchev–Trinajstić information content (AvgIpc) is 2.24. The average molecular weight is 211 g/mol. The van der Waals surface area contributed by atoms with Crippen molar-refractivity contribution >= 4 is 18.1 Å². The first-order valence-electron chi connectivity index (χ1n) is 3.81. The van der Waals surface area contributed by atoms with Crippen LogP contribution in [0.4, 0.5) is 0 Å². The Morgan fingerprint density at radius 3 is 3.00 bits per heavy atom. The van der Waals surface area contributed by atoms with Gasteiger partial charge in [-0.1, -0.05) is 5.16 Å². The molecular formula is C8H9N3O4. The first-order chi connectivity index (χ1) is 7.24. The number of methoxy groups -OCH3 is 1. The van der Waals surface area contributed by atoms with Crippen molar-refractivity contribution in [1.29, 1.82) is 5.26 Å². The van der Waals surface area contributed by atoms with Gasteiger partial charge in [-0.25, -0.2) is 4.79 Å². The topological polar surface area (TPSA) is 101 Å². The van der Waals surface area contributed by atoms with Crippen molar-refractivity contribution in [2.45, 2.75) is 6.23 Å². The van der Waals surface area contributed by atoms with Gasteiger partial charge >= 0.3 is 0 Å². The van der Waals surface area contributed by atoms with Crippen LogP contribution in [0.1, 0.15) is 0 Å². The Kier molecular flexibility index (Phi) is 7.22. The van der Waals surface area contributed by atoms with Gasteiger partial charge in [0.1, 0.15) is 18.2 Å². The van der Waals surface area contributed by atoms with Crippen LogP contribution in [0, 0.1) is 11.3 Å². The zero-order valence-electron chi connectivity index (χ0n) is 7.97. The number of oxime groups is 1. The minimum Gasteiger partial charge on any atom is -0.380 e. The molecule has 80 valence electrons. The fourth-order valence-corrected chi connectivity index (χ4v) is 0.559. The van der Waals surface area contributed by atoms with Crippen LogP contribution in [0.3, 0.4) is 0 Å². The largest absolute Gasteiger partial charge is 0.380 e. The highest BCUT2D eigenvalue weighted by atomic mass is 16.6. The summed E-state index contributed by atoms with van der Waals surface area (Å²) < 4.78 is 4.68. The first-order valence-corrected chi connectivity index (χ1v) is 3.81. The minimum absolute atomic E-state index is 0.244. The third-order valence-corrected chi connectivity index (χ3v) is 1.13. The summed E-state index contributed by atoms with van der Waals surface area (Å²) in [5.41, 5.74) is 0. The molecule has 0 aromatic heterocycles. The van der Waals surface area contributed by atoms with E-state index in [4.69, 9.17) is 5.26 Å². The van der Waals surface area contributed by atoms with Gasteiger partial charge in [-0.3, -0.25) is 4.79 Å². The third-order valence-electron chi connectivity index (χ3n) is 1.13. The Morgan fingerprint density at radius 2 is 2.47 bits per heavy atom. The Labute approximate surface area is 85.9 Å². The van der Waals surface area contributed by atoms with E-state index in [-0.39, 0.29) is 6.61 Å². The molecule has 0 fully saturated rings. The molecule has 0 bridgehead atoms. The number of amides is 1. The second kappa shape index (κ2) is 8.44. The zero-order chi connectivity index (χ0) is 11.5. The Hall–Kier alpha value is -2.16. The molecule has 0 aromatic rings. The van der Waals surface area contributed by atoms with Gasteiger partial charge in [-0.05, 0) is 0 Å². The van der Waals surface area contributed by atoms with Gasteiger partial charge in [0, 0.05) is 13.2 Å². The molecular weight excluding hydrogens is 202 g/mol. The van der Waals surface area contributed by atoms with E-state index in [1.807, 2.05) is 0 Å². The molecule has 0 aliphatic heterocycles. The second-order valence-corrected chi connectivity index (χ2v) is 2.12. The Balaban J connectivity index is 3.96. The van der Waals surface area contributed by atoms with E-state index in [1.165, 1.54) is 13.1 Å². The first kappa shape index (κ1) is 12.8. The summed E-state index contributed by atoms with van der Waals surface area (Å²) in [7, 11) is 1.31. The normalized spacial score (nSPS) is 11.2. The third kappa shape index (κ3) is 6.95. The SMILES string of the molecule is COC(C=C=O)NC(=O)/C=N/OCC#N. The van der Waals surface area contributed by atoms with Crippen molar-refractivity contribution in [3.8, 4) is 6.07 Å². The summed E-state index contributed by atoms with van der Waals surface area (Å²) in [5.74, 6) is 0.848. The molecule has 0 spiro atoms. The van der Waals surface area contributed by atoms with Gasteiger partial charge in [-0.15, -0.1) is 0 Å². The monoisotopic (exact) mass is 211 g/mol. The lowest BCUT2D eigenvalue weighted by molar-refractivity contribution is -0.117. The van der Waals surface area contributed by atoms with Gasteiger partial charge in [-0.2, -0.15) is 5.26 Å². The van der Waals surface area contributed by atoms with Crippen molar-refractivity contribution < 1.29 is 19.2 Å². The molecule has 0 heterocycles. The Morgan fingerprint density at radius 1 is 1.73 bits per heavy atom. The van der Waals surface area contributed by atoms with Crippen LogP contribution >= 0.6 is 0 Å². The number of ether oxygens (including phenoxy) is 1. The number of carbonyl (C=O) groups is 1. The molecule has 1 N–H and O–H groups in total. The van der Waals surface area contributed by atoms with Crippen molar-refractivity contribution in [3.63, 3.8) is 0 Å². The smallest absolute Gasteiger partial charge is 0.268 e. The van der Waals surface area contributed by atoms with E-state index >= 15 is 0 Å². The van der Waals surface area contributed by atoms with Crippen LogP contribution in [0.15, 0.2) is 11.2 Å². The maximum absolute atomic E-state index is 11.0. The number of rotatable bonds is 6. The van der Waals surface area contributed by atoms with E-state index in [9.17, 15) is 9.59 Å². The molecule has 1 amide bonds. The molecule has 1 atom stereocenters. The van der Waals surface area contributed by atoms with E-state index in [1.54, 1.807) is 6.07 Å². The van der Waals surface area contributed by atoms with Crippen molar-refractivity contribution in [3.05, 3.63) is 6.08 Å². The zero-order valence-corrected chi connectivity index (χ0v) is 7.97. The lowest BCUT2D eigenvalue weighted by Crippen LogP contribution is -2.35. The maximum atomic E-state index is 11.0. The Bertz CT molecular complexity index is 314. The molecule has 15 heavy (non-hydrogen) atoms. The number of hydrogen-bond acceptors (Lipinski definition) is 6. The van der Waals surface area contributed by atoms with Crippen molar-refractivity contribution in [2.75, 3.05) is 13.7 Å². The summed E-state index contributed by atoms with van der Waals surface area (Å²) in [6.45, 7) is -0.244. The van der Waals surface area contributed by atoms with Gasteiger partial charge in [0.05, 0.1) is 0 Å². The molecule has 0 saturated heterocycles. The van der Waals surface area contributed by atoms with E-state index in [2.05, 4.69) is 20.0 Å². The molecule has 7 heteroatoms. The summed E-state index contributed by atoms with van der Waals surface area (Å²) in [5, 5.41) is 13.5.